The molecule has 2 amide bonds. The molecular formula is C21H19F4N5O2S. The van der Waals surface area contributed by atoms with E-state index in [1.165, 1.54) is 17.1 Å². The van der Waals surface area contributed by atoms with E-state index in [9.17, 15) is 27.2 Å². The van der Waals surface area contributed by atoms with Gasteiger partial charge >= 0.3 is 6.18 Å². The Bertz CT molecular complexity index is 1230. The molecule has 2 aromatic heterocycles. The molecule has 12 heteroatoms. The number of hydrogen-bond acceptors (Lipinski definition) is 4. The van der Waals surface area contributed by atoms with Crippen LogP contribution in [0.5, 0.6) is 0 Å². The average Bonchev–Trinajstić information content (AvgIpc) is 3.16. The van der Waals surface area contributed by atoms with Crippen molar-refractivity contribution < 1.29 is 27.2 Å². The molecule has 3 aromatic rings. The van der Waals surface area contributed by atoms with E-state index in [-0.39, 0.29) is 37.0 Å². The van der Waals surface area contributed by atoms with Crippen LogP contribution in [-0.4, -0.2) is 33.1 Å². The lowest BCUT2D eigenvalue weighted by atomic mass is 10.1. The standard InChI is InChI=1S/C21H17F4N5O2.H2S/c1-11-7-13(5-6-26-11)28-19(31)15-9-27-30-12(2)10-29(20(32)18(15)30)14-3-4-16(17(22)8-14)21(23,24)25;/h3-9,12H,10H2,1-2H3,(H,26,28,31);1H2/t12-;/m0./s1. The summed E-state index contributed by atoms with van der Waals surface area (Å²) < 4.78 is 54.1. The van der Waals surface area contributed by atoms with Gasteiger partial charge in [-0.1, -0.05) is 0 Å². The molecule has 174 valence electrons. The molecule has 0 bridgehead atoms. The van der Waals surface area contributed by atoms with Gasteiger partial charge in [0.15, 0.2) is 0 Å². The molecule has 1 aliphatic rings. The van der Waals surface area contributed by atoms with Crippen LogP contribution < -0.4 is 10.2 Å². The number of carbonyl (C=O) groups excluding carboxylic acids is 2. The minimum Gasteiger partial charge on any atom is -0.322 e. The molecule has 1 aromatic carbocycles. The second kappa shape index (κ2) is 8.85. The first-order valence-corrected chi connectivity index (χ1v) is 9.56. The van der Waals surface area contributed by atoms with Crippen LogP contribution in [0, 0.1) is 12.7 Å². The number of amides is 2. The smallest absolute Gasteiger partial charge is 0.322 e. The largest absolute Gasteiger partial charge is 0.419 e. The van der Waals surface area contributed by atoms with Gasteiger partial charge in [0.2, 0.25) is 0 Å². The third-order valence-electron chi connectivity index (χ3n) is 5.08. The first-order chi connectivity index (χ1) is 15.1. The van der Waals surface area contributed by atoms with Crippen LogP contribution >= 0.6 is 13.5 Å². The minimum atomic E-state index is -4.85. The number of carbonyl (C=O) groups is 2. The molecule has 0 aliphatic carbocycles. The summed E-state index contributed by atoms with van der Waals surface area (Å²) in [6.45, 7) is 3.52. The Morgan fingerprint density at radius 1 is 1.21 bits per heavy atom. The molecule has 1 aliphatic heterocycles. The fourth-order valence-corrected chi connectivity index (χ4v) is 3.57. The van der Waals surface area contributed by atoms with E-state index in [2.05, 4.69) is 15.4 Å². The summed E-state index contributed by atoms with van der Waals surface area (Å²) in [4.78, 5) is 31.2. The van der Waals surface area contributed by atoms with Crippen molar-refractivity contribution >= 4 is 36.7 Å². The lowest BCUT2D eigenvalue weighted by Crippen LogP contribution is -2.43. The number of pyridine rings is 1. The van der Waals surface area contributed by atoms with Crippen LogP contribution in [0.15, 0.2) is 42.7 Å². The molecule has 3 heterocycles. The zero-order chi connectivity index (χ0) is 23.2. The topological polar surface area (TPSA) is 80.1 Å². The number of benzene rings is 1. The monoisotopic (exact) mass is 481 g/mol. The minimum absolute atomic E-state index is 0. The van der Waals surface area contributed by atoms with Gasteiger partial charge in [-0.25, -0.2) is 4.39 Å². The van der Waals surface area contributed by atoms with Crippen LogP contribution in [0.25, 0.3) is 0 Å². The first-order valence-electron chi connectivity index (χ1n) is 9.56. The molecule has 0 unspecified atom stereocenters. The number of rotatable bonds is 3. The van der Waals surface area contributed by atoms with Crippen molar-refractivity contribution in [3.63, 3.8) is 0 Å². The predicted octanol–water partition coefficient (Wildman–Crippen LogP) is 4.33. The summed E-state index contributed by atoms with van der Waals surface area (Å²) in [6, 6.07) is 5.12. The maximum absolute atomic E-state index is 14.1. The van der Waals surface area contributed by atoms with Crippen molar-refractivity contribution in [3.8, 4) is 0 Å². The third kappa shape index (κ3) is 4.56. The molecule has 33 heavy (non-hydrogen) atoms. The van der Waals surface area contributed by atoms with E-state index in [1.54, 1.807) is 26.0 Å². The van der Waals surface area contributed by atoms with E-state index in [0.717, 1.165) is 11.0 Å². The van der Waals surface area contributed by atoms with Crippen molar-refractivity contribution in [1.82, 2.24) is 14.8 Å². The Balaban J connectivity index is 0.00000306. The van der Waals surface area contributed by atoms with E-state index in [0.29, 0.717) is 23.5 Å². The van der Waals surface area contributed by atoms with Gasteiger partial charge < -0.3 is 10.2 Å². The van der Waals surface area contributed by atoms with E-state index in [4.69, 9.17) is 0 Å². The van der Waals surface area contributed by atoms with Gasteiger partial charge in [0.05, 0.1) is 23.4 Å². The molecule has 1 atom stereocenters. The fraction of sp³-hybridized carbons (Fsp3) is 0.238. The van der Waals surface area contributed by atoms with Gasteiger partial charge in [0.1, 0.15) is 11.5 Å². The maximum Gasteiger partial charge on any atom is 0.419 e. The predicted molar refractivity (Wildman–Crippen MR) is 117 cm³/mol. The summed E-state index contributed by atoms with van der Waals surface area (Å²) in [7, 11) is 0. The summed E-state index contributed by atoms with van der Waals surface area (Å²) in [5, 5.41) is 6.80. The lowest BCUT2D eigenvalue weighted by Gasteiger charge is -2.32. The zero-order valence-corrected chi connectivity index (χ0v) is 18.4. The van der Waals surface area contributed by atoms with Gasteiger partial charge in [-0.15, -0.1) is 0 Å². The summed E-state index contributed by atoms with van der Waals surface area (Å²) in [5.74, 6) is -2.74. The number of nitrogens with zero attached hydrogens (tertiary/aromatic N) is 4. The van der Waals surface area contributed by atoms with Crippen molar-refractivity contribution in [1.29, 1.82) is 0 Å². The Morgan fingerprint density at radius 3 is 2.58 bits per heavy atom. The molecule has 0 saturated carbocycles. The highest BCUT2D eigenvalue weighted by atomic mass is 32.1. The SMILES string of the molecule is Cc1cc(NC(=O)c2cnn3c2C(=O)N(c2ccc(C(F)(F)F)c(F)c2)C[C@@H]3C)ccn1.S. The number of fused-ring (bicyclic) bond motifs is 1. The molecule has 7 nitrogen and oxygen atoms in total. The van der Waals surface area contributed by atoms with Crippen molar-refractivity contribution in [2.24, 2.45) is 0 Å². The van der Waals surface area contributed by atoms with Gasteiger partial charge in [0, 0.05) is 29.8 Å². The van der Waals surface area contributed by atoms with E-state index < -0.39 is 35.4 Å². The van der Waals surface area contributed by atoms with E-state index in [1.807, 2.05) is 0 Å². The van der Waals surface area contributed by atoms with Gasteiger partial charge in [-0.3, -0.25) is 19.3 Å². The summed E-state index contributed by atoms with van der Waals surface area (Å²) in [6.07, 6.45) is -2.08. The summed E-state index contributed by atoms with van der Waals surface area (Å²) >= 11 is 0. The van der Waals surface area contributed by atoms with Gasteiger partial charge in [0.25, 0.3) is 11.8 Å². The number of nitrogens with one attached hydrogen (secondary N) is 1. The van der Waals surface area contributed by atoms with Crippen molar-refractivity contribution in [2.75, 3.05) is 16.8 Å². The van der Waals surface area contributed by atoms with E-state index >= 15 is 0 Å². The Hall–Kier alpha value is -3.41. The number of hydrogen-bond donors (Lipinski definition) is 1. The molecule has 0 saturated heterocycles. The first kappa shape index (κ1) is 24.2. The number of aromatic nitrogens is 3. The number of halogens is 4. The number of alkyl halides is 3. The van der Waals surface area contributed by atoms with Crippen LogP contribution in [0.4, 0.5) is 28.9 Å². The van der Waals surface area contributed by atoms with Crippen LogP contribution in [0.1, 0.15) is 45.1 Å². The molecule has 4 rings (SSSR count). The second-order valence-corrected chi connectivity index (χ2v) is 7.42. The normalized spacial score (nSPS) is 15.6. The third-order valence-corrected chi connectivity index (χ3v) is 5.08. The maximum atomic E-state index is 14.1. The van der Waals surface area contributed by atoms with Crippen molar-refractivity contribution in [3.05, 3.63) is 71.1 Å². The number of anilines is 2. The Morgan fingerprint density at radius 2 is 1.94 bits per heavy atom. The summed E-state index contributed by atoms with van der Waals surface area (Å²) in [5.41, 5.74) is -0.353. The molecule has 0 radical (unpaired) electrons. The molecular weight excluding hydrogens is 462 g/mol. The number of aryl methyl sites for hydroxylation is 1. The Kier molecular flexibility index (Phi) is 6.50. The highest BCUT2D eigenvalue weighted by Gasteiger charge is 2.37. The lowest BCUT2D eigenvalue weighted by molar-refractivity contribution is -0.139. The quantitative estimate of drug-likeness (QED) is 0.565. The highest BCUT2D eigenvalue weighted by Crippen LogP contribution is 2.35. The molecule has 0 spiro atoms. The molecule has 0 fully saturated rings. The average molecular weight is 481 g/mol. The van der Waals surface area contributed by atoms with Crippen LogP contribution in [0.2, 0.25) is 0 Å². The second-order valence-electron chi connectivity index (χ2n) is 7.42. The van der Waals surface area contributed by atoms with Crippen molar-refractivity contribution in [2.45, 2.75) is 26.1 Å². The van der Waals surface area contributed by atoms with Crippen LogP contribution in [0.3, 0.4) is 0 Å². The van der Waals surface area contributed by atoms with Gasteiger partial charge in [-0.05, 0) is 44.2 Å². The highest BCUT2D eigenvalue weighted by molar-refractivity contribution is 7.59. The van der Waals surface area contributed by atoms with Crippen LogP contribution in [-0.2, 0) is 6.18 Å². The van der Waals surface area contributed by atoms with Gasteiger partial charge in [-0.2, -0.15) is 31.8 Å². The zero-order valence-electron chi connectivity index (χ0n) is 17.4. The Labute approximate surface area is 192 Å². The molecule has 1 N–H and O–H groups in total. The fourth-order valence-electron chi connectivity index (χ4n) is 3.57.